The summed E-state index contributed by atoms with van der Waals surface area (Å²) in [6.07, 6.45) is 0.551. The van der Waals surface area contributed by atoms with Crippen molar-refractivity contribution in [2.24, 2.45) is 0 Å². The summed E-state index contributed by atoms with van der Waals surface area (Å²) in [4.78, 5) is 0. The van der Waals surface area contributed by atoms with Gasteiger partial charge in [-0.05, 0) is 19.0 Å². The summed E-state index contributed by atoms with van der Waals surface area (Å²) in [5.74, 6) is 0.140. The molecular formula is C11H19ClN2O2S. The molecule has 0 aliphatic rings. The minimum absolute atomic E-state index is 0. The van der Waals surface area contributed by atoms with E-state index >= 15 is 0 Å². The van der Waals surface area contributed by atoms with Crippen molar-refractivity contribution in [3.8, 4) is 0 Å². The van der Waals surface area contributed by atoms with Crippen LogP contribution in [0.2, 0.25) is 0 Å². The van der Waals surface area contributed by atoms with Crippen LogP contribution >= 0.6 is 12.4 Å². The third-order valence-electron chi connectivity index (χ3n) is 2.20. The fraction of sp³-hybridized carbons (Fsp3) is 0.455. The van der Waals surface area contributed by atoms with E-state index in [0.29, 0.717) is 19.5 Å². The number of sulfonamides is 1. The van der Waals surface area contributed by atoms with Gasteiger partial charge in [-0.15, -0.1) is 12.4 Å². The zero-order chi connectivity index (χ0) is 11.9. The van der Waals surface area contributed by atoms with Gasteiger partial charge in [0.1, 0.15) is 0 Å². The van der Waals surface area contributed by atoms with Crippen molar-refractivity contribution < 1.29 is 8.42 Å². The number of aryl methyl sites for hydroxylation is 1. The molecule has 0 unspecified atom stereocenters. The van der Waals surface area contributed by atoms with Crippen molar-refractivity contribution in [2.45, 2.75) is 6.42 Å². The molecule has 0 saturated heterocycles. The lowest BCUT2D eigenvalue weighted by Gasteiger charge is -2.06. The van der Waals surface area contributed by atoms with Crippen LogP contribution in [0.25, 0.3) is 0 Å². The van der Waals surface area contributed by atoms with Gasteiger partial charge in [0.15, 0.2) is 0 Å². The monoisotopic (exact) mass is 278 g/mol. The van der Waals surface area contributed by atoms with Crippen LogP contribution in [-0.2, 0) is 16.4 Å². The minimum atomic E-state index is -3.14. The first kappa shape index (κ1) is 16.4. The second-order valence-electron chi connectivity index (χ2n) is 3.55. The van der Waals surface area contributed by atoms with Crippen molar-refractivity contribution in [2.75, 3.05) is 25.9 Å². The van der Waals surface area contributed by atoms with Crippen molar-refractivity contribution in [1.29, 1.82) is 0 Å². The van der Waals surface area contributed by atoms with E-state index in [1.807, 2.05) is 30.3 Å². The predicted molar refractivity (Wildman–Crippen MR) is 73.1 cm³/mol. The van der Waals surface area contributed by atoms with Crippen LogP contribution in [-0.4, -0.2) is 34.3 Å². The van der Waals surface area contributed by atoms with Crippen LogP contribution in [0.1, 0.15) is 5.56 Å². The Kier molecular flexibility index (Phi) is 8.16. The number of hydrogen-bond donors (Lipinski definition) is 2. The van der Waals surface area contributed by atoms with Crippen LogP contribution in [0, 0.1) is 0 Å². The lowest BCUT2D eigenvalue weighted by Crippen LogP contribution is -2.32. The van der Waals surface area contributed by atoms with Gasteiger partial charge >= 0.3 is 0 Å². The standard InChI is InChI=1S/C11H18N2O2S.ClH/c1-12-8-9-13-16(14,15)10-7-11-5-3-2-4-6-11;/h2-6,12-13H,7-10H2,1H3;1H. The Labute approximate surface area is 109 Å². The van der Waals surface area contributed by atoms with E-state index in [2.05, 4.69) is 10.0 Å². The Morgan fingerprint density at radius 1 is 1.12 bits per heavy atom. The van der Waals surface area contributed by atoms with Crippen LogP contribution in [0.5, 0.6) is 0 Å². The Balaban J connectivity index is 0.00000256. The van der Waals surface area contributed by atoms with Crippen molar-refractivity contribution >= 4 is 22.4 Å². The van der Waals surface area contributed by atoms with E-state index in [4.69, 9.17) is 0 Å². The molecule has 0 atom stereocenters. The minimum Gasteiger partial charge on any atom is -0.318 e. The first-order valence-corrected chi connectivity index (χ1v) is 6.95. The molecule has 1 aromatic carbocycles. The van der Waals surface area contributed by atoms with E-state index < -0.39 is 10.0 Å². The lowest BCUT2D eigenvalue weighted by atomic mass is 10.2. The van der Waals surface area contributed by atoms with Gasteiger partial charge in [0, 0.05) is 13.1 Å². The molecule has 0 bridgehead atoms. The number of hydrogen-bond acceptors (Lipinski definition) is 3. The average Bonchev–Trinajstić information content (AvgIpc) is 2.28. The Hall–Kier alpha value is -0.620. The first-order valence-electron chi connectivity index (χ1n) is 5.30. The third-order valence-corrected chi connectivity index (χ3v) is 3.58. The number of likely N-dealkylation sites (N-methyl/N-ethyl adjacent to an activating group) is 1. The molecule has 0 saturated carbocycles. The highest BCUT2D eigenvalue weighted by atomic mass is 35.5. The zero-order valence-electron chi connectivity index (χ0n) is 9.85. The molecule has 4 nitrogen and oxygen atoms in total. The summed E-state index contributed by atoms with van der Waals surface area (Å²) < 4.78 is 25.6. The molecule has 1 aromatic rings. The van der Waals surface area contributed by atoms with Gasteiger partial charge < -0.3 is 5.32 Å². The molecule has 17 heavy (non-hydrogen) atoms. The Morgan fingerprint density at radius 3 is 2.35 bits per heavy atom. The van der Waals surface area contributed by atoms with E-state index in [-0.39, 0.29) is 18.2 Å². The van der Waals surface area contributed by atoms with E-state index in [0.717, 1.165) is 5.56 Å². The van der Waals surface area contributed by atoms with Crippen molar-refractivity contribution in [3.05, 3.63) is 35.9 Å². The maximum atomic E-state index is 11.5. The summed E-state index contributed by atoms with van der Waals surface area (Å²) in [7, 11) is -1.35. The van der Waals surface area contributed by atoms with E-state index in [1.54, 1.807) is 7.05 Å². The lowest BCUT2D eigenvalue weighted by molar-refractivity contribution is 0.579. The molecule has 0 spiro atoms. The fourth-order valence-corrected chi connectivity index (χ4v) is 2.36. The molecule has 0 aliphatic heterocycles. The topological polar surface area (TPSA) is 58.2 Å². The zero-order valence-corrected chi connectivity index (χ0v) is 11.5. The smallest absolute Gasteiger partial charge is 0.211 e. The third kappa shape index (κ3) is 7.33. The Bertz CT molecular complexity index is 395. The molecule has 0 radical (unpaired) electrons. The number of rotatable bonds is 7. The molecule has 0 fully saturated rings. The van der Waals surface area contributed by atoms with Gasteiger partial charge in [0.2, 0.25) is 10.0 Å². The average molecular weight is 279 g/mol. The molecule has 98 valence electrons. The van der Waals surface area contributed by atoms with Crippen molar-refractivity contribution in [3.63, 3.8) is 0 Å². The Morgan fingerprint density at radius 2 is 1.76 bits per heavy atom. The van der Waals surface area contributed by atoms with Gasteiger partial charge in [0.25, 0.3) is 0 Å². The molecule has 1 rings (SSSR count). The highest BCUT2D eigenvalue weighted by molar-refractivity contribution is 7.89. The summed E-state index contributed by atoms with van der Waals surface area (Å²) >= 11 is 0. The quantitative estimate of drug-likeness (QED) is 0.725. The van der Waals surface area contributed by atoms with E-state index in [9.17, 15) is 8.42 Å². The summed E-state index contributed by atoms with van der Waals surface area (Å²) in [6.45, 7) is 1.08. The molecule has 2 N–H and O–H groups in total. The SMILES string of the molecule is CNCCNS(=O)(=O)CCc1ccccc1.Cl. The highest BCUT2D eigenvalue weighted by Gasteiger charge is 2.08. The largest absolute Gasteiger partial charge is 0.318 e. The number of nitrogens with one attached hydrogen (secondary N) is 2. The number of halogens is 1. The highest BCUT2D eigenvalue weighted by Crippen LogP contribution is 2.01. The maximum Gasteiger partial charge on any atom is 0.211 e. The van der Waals surface area contributed by atoms with Crippen LogP contribution in [0.3, 0.4) is 0 Å². The number of benzene rings is 1. The summed E-state index contributed by atoms with van der Waals surface area (Å²) in [6, 6.07) is 9.61. The second kappa shape index (κ2) is 8.47. The van der Waals surface area contributed by atoms with Crippen LogP contribution < -0.4 is 10.0 Å². The molecule has 0 heterocycles. The molecule has 0 amide bonds. The van der Waals surface area contributed by atoms with Crippen LogP contribution in [0.4, 0.5) is 0 Å². The van der Waals surface area contributed by atoms with Gasteiger partial charge in [0.05, 0.1) is 5.75 Å². The summed E-state index contributed by atoms with van der Waals surface area (Å²) in [5, 5.41) is 2.89. The van der Waals surface area contributed by atoms with Crippen LogP contribution in [0.15, 0.2) is 30.3 Å². The van der Waals surface area contributed by atoms with Gasteiger partial charge in [-0.2, -0.15) is 0 Å². The maximum absolute atomic E-state index is 11.5. The summed E-state index contributed by atoms with van der Waals surface area (Å²) in [5.41, 5.74) is 1.04. The normalized spacial score (nSPS) is 10.9. The van der Waals surface area contributed by atoms with Crippen molar-refractivity contribution in [1.82, 2.24) is 10.0 Å². The fourth-order valence-electron chi connectivity index (χ4n) is 1.30. The van der Waals surface area contributed by atoms with Gasteiger partial charge in [-0.1, -0.05) is 30.3 Å². The van der Waals surface area contributed by atoms with Gasteiger partial charge in [-0.25, -0.2) is 13.1 Å². The van der Waals surface area contributed by atoms with Gasteiger partial charge in [-0.3, -0.25) is 0 Å². The molecule has 0 aromatic heterocycles. The molecule has 0 aliphatic carbocycles. The first-order chi connectivity index (χ1) is 7.64. The molecule has 6 heteroatoms. The predicted octanol–water partition coefficient (Wildman–Crippen LogP) is 0.790. The molecular weight excluding hydrogens is 260 g/mol. The second-order valence-corrected chi connectivity index (χ2v) is 5.48. The van der Waals surface area contributed by atoms with E-state index in [1.165, 1.54) is 0 Å².